The van der Waals surface area contributed by atoms with Gasteiger partial charge in [-0.2, -0.15) is 5.10 Å². The molecule has 7 heteroatoms. The molecule has 2 aromatic heterocycles. The van der Waals surface area contributed by atoms with E-state index in [1.807, 2.05) is 24.3 Å². The average Bonchev–Trinajstić information content (AvgIpc) is 3.12. The summed E-state index contributed by atoms with van der Waals surface area (Å²) in [6, 6.07) is 11.2. The summed E-state index contributed by atoms with van der Waals surface area (Å²) in [6.07, 6.45) is 3.46. The van der Waals surface area contributed by atoms with E-state index in [4.69, 9.17) is 10.7 Å². The second kappa shape index (κ2) is 6.83. The van der Waals surface area contributed by atoms with Gasteiger partial charge in [0.1, 0.15) is 5.69 Å². The standard InChI is InChI=1S/C20H21N5O2/c1-24-10-8-17(23-24)20(27)25-9-4-6-14(12-25)18-15(19(21)26)11-13-5-2-3-7-16(13)22-18/h2-3,5,7-8,10-11,14H,4,6,9,12H2,1H3,(H2,21,26)/t14-/m1/s1. The van der Waals surface area contributed by atoms with Gasteiger partial charge in [-0.15, -0.1) is 0 Å². The molecule has 1 aliphatic rings. The molecule has 0 spiro atoms. The molecule has 1 saturated heterocycles. The van der Waals surface area contributed by atoms with E-state index >= 15 is 0 Å². The van der Waals surface area contributed by atoms with Crippen molar-refractivity contribution in [3.05, 3.63) is 59.5 Å². The Hall–Kier alpha value is -3.22. The minimum absolute atomic E-state index is 0.0291. The van der Waals surface area contributed by atoms with Crippen LogP contribution in [0.3, 0.4) is 0 Å². The van der Waals surface area contributed by atoms with E-state index in [1.54, 1.807) is 35.0 Å². The third kappa shape index (κ3) is 3.28. The summed E-state index contributed by atoms with van der Waals surface area (Å²) in [5.74, 6) is -0.614. The highest BCUT2D eigenvalue weighted by Crippen LogP contribution is 2.30. The van der Waals surface area contributed by atoms with Crippen LogP contribution in [-0.4, -0.2) is 44.6 Å². The van der Waals surface area contributed by atoms with Crippen LogP contribution in [0.2, 0.25) is 0 Å². The fourth-order valence-corrected chi connectivity index (χ4v) is 3.72. The largest absolute Gasteiger partial charge is 0.366 e. The minimum atomic E-state index is -0.489. The van der Waals surface area contributed by atoms with Crippen LogP contribution in [0.15, 0.2) is 42.6 Å². The van der Waals surface area contributed by atoms with Gasteiger partial charge in [0.25, 0.3) is 11.8 Å². The molecule has 0 bridgehead atoms. The number of likely N-dealkylation sites (tertiary alicyclic amines) is 1. The molecule has 1 fully saturated rings. The number of rotatable bonds is 3. The molecule has 1 aliphatic heterocycles. The molecular weight excluding hydrogens is 342 g/mol. The Balaban J connectivity index is 1.67. The first kappa shape index (κ1) is 17.2. The number of nitrogens with zero attached hydrogens (tertiary/aromatic N) is 4. The van der Waals surface area contributed by atoms with Gasteiger partial charge in [0.15, 0.2) is 0 Å². The van der Waals surface area contributed by atoms with Gasteiger partial charge in [0, 0.05) is 37.6 Å². The van der Waals surface area contributed by atoms with Crippen LogP contribution >= 0.6 is 0 Å². The summed E-state index contributed by atoms with van der Waals surface area (Å²) >= 11 is 0. The maximum Gasteiger partial charge on any atom is 0.274 e. The Morgan fingerprint density at radius 2 is 2.04 bits per heavy atom. The van der Waals surface area contributed by atoms with E-state index < -0.39 is 5.91 Å². The number of benzene rings is 1. The lowest BCUT2D eigenvalue weighted by Crippen LogP contribution is -2.40. The molecule has 1 aromatic carbocycles. The number of para-hydroxylation sites is 1. The van der Waals surface area contributed by atoms with E-state index in [1.165, 1.54) is 0 Å². The first-order valence-corrected chi connectivity index (χ1v) is 9.01. The van der Waals surface area contributed by atoms with Crippen LogP contribution < -0.4 is 5.73 Å². The Labute approximate surface area is 156 Å². The van der Waals surface area contributed by atoms with Crippen molar-refractivity contribution in [2.24, 2.45) is 12.8 Å². The van der Waals surface area contributed by atoms with Crippen molar-refractivity contribution in [3.8, 4) is 0 Å². The predicted molar refractivity (Wildman–Crippen MR) is 101 cm³/mol. The van der Waals surface area contributed by atoms with E-state index in [-0.39, 0.29) is 11.8 Å². The molecule has 0 aliphatic carbocycles. The number of carbonyl (C=O) groups excluding carboxylic acids is 2. The number of amides is 2. The lowest BCUT2D eigenvalue weighted by Gasteiger charge is -2.32. The Kier molecular flexibility index (Phi) is 4.35. The van der Waals surface area contributed by atoms with Gasteiger partial charge < -0.3 is 10.6 Å². The number of fused-ring (bicyclic) bond motifs is 1. The summed E-state index contributed by atoms with van der Waals surface area (Å²) < 4.78 is 1.62. The van der Waals surface area contributed by atoms with Crippen molar-refractivity contribution < 1.29 is 9.59 Å². The Morgan fingerprint density at radius 3 is 2.78 bits per heavy atom. The highest BCUT2D eigenvalue weighted by molar-refractivity contribution is 5.98. The smallest absolute Gasteiger partial charge is 0.274 e. The van der Waals surface area contributed by atoms with Gasteiger partial charge in [-0.25, -0.2) is 0 Å². The third-order valence-corrected chi connectivity index (χ3v) is 5.05. The highest BCUT2D eigenvalue weighted by atomic mass is 16.2. The van der Waals surface area contributed by atoms with Gasteiger partial charge in [-0.3, -0.25) is 19.3 Å². The van der Waals surface area contributed by atoms with Gasteiger partial charge in [0.2, 0.25) is 0 Å². The van der Waals surface area contributed by atoms with Gasteiger partial charge >= 0.3 is 0 Å². The first-order valence-electron chi connectivity index (χ1n) is 9.01. The van der Waals surface area contributed by atoms with Gasteiger partial charge in [-0.05, 0) is 31.0 Å². The molecule has 4 rings (SSSR count). The topological polar surface area (TPSA) is 94.1 Å². The molecule has 2 amide bonds. The normalized spacial score (nSPS) is 17.2. The number of hydrogen-bond acceptors (Lipinski definition) is 4. The SMILES string of the molecule is Cn1ccc(C(=O)N2CCC[C@@H](c3nc4ccccc4cc3C(N)=O)C2)n1. The molecule has 1 atom stereocenters. The summed E-state index contributed by atoms with van der Waals surface area (Å²) in [7, 11) is 1.79. The van der Waals surface area contributed by atoms with Crippen LogP contribution in [0.1, 0.15) is 45.3 Å². The number of pyridine rings is 1. The van der Waals surface area contributed by atoms with Gasteiger partial charge in [0.05, 0.1) is 16.8 Å². The molecule has 7 nitrogen and oxygen atoms in total. The number of primary amides is 1. The number of aromatic nitrogens is 3. The molecule has 0 radical (unpaired) electrons. The zero-order chi connectivity index (χ0) is 19.0. The van der Waals surface area contributed by atoms with Crippen molar-refractivity contribution in [2.75, 3.05) is 13.1 Å². The molecule has 3 heterocycles. The lowest BCUT2D eigenvalue weighted by atomic mass is 9.90. The molecule has 2 N–H and O–H groups in total. The van der Waals surface area contributed by atoms with Crippen molar-refractivity contribution >= 4 is 22.7 Å². The maximum absolute atomic E-state index is 12.8. The van der Waals surface area contributed by atoms with Crippen LogP contribution in [0.4, 0.5) is 0 Å². The monoisotopic (exact) mass is 363 g/mol. The number of nitrogens with two attached hydrogens (primary N) is 1. The number of aryl methyl sites for hydroxylation is 1. The van der Waals surface area contributed by atoms with Crippen LogP contribution in [0.25, 0.3) is 10.9 Å². The fourth-order valence-electron chi connectivity index (χ4n) is 3.72. The van der Waals surface area contributed by atoms with E-state index in [2.05, 4.69) is 5.10 Å². The van der Waals surface area contributed by atoms with Crippen LogP contribution in [0.5, 0.6) is 0 Å². The number of hydrogen-bond donors (Lipinski definition) is 1. The second-order valence-electron chi connectivity index (χ2n) is 6.94. The lowest BCUT2D eigenvalue weighted by molar-refractivity contribution is 0.0699. The van der Waals surface area contributed by atoms with E-state index in [9.17, 15) is 9.59 Å². The fraction of sp³-hybridized carbons (Fsp3) is 0.300. The summed E-state index contributed by atoms with van der Waals surface area (Å²) in [5.41, 5.74) is 8.00. The molecule has 3 aromatic rings. The van der Waals surface area contributed by atoms with Crippen molar-refractivity contribution in [1.29, 1.82) is 0 Å². The predicted octanol–water partition coefficient (Wildman–Crippen LogP) is 2.09. The number of piperidine rings is 1. The summed E-state index contributed by atoms with van der Waals surface area (Å²) in [4.78, 5) is 31.3. The van der Waals surface area contributed by atoms with Crippen LogP contribution in [0, 0.1) is 0 Å². The molecule has 0 unspecified atom stereocenters. The third-order valence-electron chi connectivity index (χ3n) is 5.05. The van der Waals surface area contributed by atoms with Crippen LogP contribution in [-0.2, 0) is 7.05 Å². The zero-order valence-electron chi connectivity index (χ0n) is 15.1. The quantitative estimate of drug-likeness (QED) is 0.771. The van der Waals surface area contributed by atoms with Crippen molar-refractivity contribution in [3.63, 3.8) is 0 Å². The molecular formula is C20H21N5O2. The average molecular weight is 363 g/mol. The minimum Gasteiger partial charge on any atom is -0.366 e. The first-order chi connectivity index (χ1) is 13.0. The Morgan fingerprint density at radius 1 is 1.22 bits per heavy atom. The maximum atomic E-state index is 12.8. The Bertz CT molecular complexity index is 1030. The summed E-state index contributed by atoms with van der Waals surface area (Å²) in [5, 5.41) is 5.09. The van der Waals surface area contributed by atoms with Crippen molar-refractivity contribution in [1.82, 2.24) is 19.7 Å². The second-order valence-corrected chi connectivity index (χ2v) is 6.94. The number of carbonyl (C=O) groups is 2. The molecule has 138 valence electrons. The molecule has 0 saturated carbocycles. The zero-order valence-corrected chi connectivity index (χ0v) is 15.1. The molecule has 27 heavy (non-hydrogen) atoms. The van der Waals surface area contributed by atoms with Crippen molar-refractivity contribution in [2.45, 2.75) is 18.8 Å². The van der Waals surface area contributed by atoms with Gasteiger partial charge in [-0.1, -0.05) is 18.2 Å². The van der Waals surface area contributed by atoms with E-state index in [0.29, 0.717) is 30.0 Å². The van der Waals surface area contributed by atoms with E-state index in [0.717, 1.165) is 23.7 Å². The summed E-state index contributed by atoms with van der Waals surface area (Å²) in [6.45, 7) is 1.17. The highest BCUT2D eigenvalue weighted by Gasteiger charge is 2.29.